The number of rotatable bonds is 5. The third-order valence-corrected chi connectivity index (χ3v) is 4.62. The van der Waals surface area contributed by atoms with Crippen LogP contribution in [0.5, 0.6) is 5.75 Å². The van der Waals surface area contributed by atoms with Gasteiger partial charge in [0, 0.05) is 38.9 Å². The highest BCUT2D eigenvalue weighted by atomic mass is 16.5. The van der Waals surface area contributed by atoms with Gasteiger partial charge in [-0.05, 0) is 12.1 Å². The van der Waals surface area contributed by atoms with Gasteiger partial charge in [-0.3, -0.25) is 19.6 Å². The summed E-state index contributed by atoms with van der Waals surface area (Å²) in [4.78, 5) is 37.0. The van der Waals surface area contributed by atoms with E-state index in [1.54, 1.807) is 4.90 Å². The number of H-pyrrole nitrogens is 1. The first-order valence-electron chi connectivity index (χ1n) is 8.83. The number of aromatic nitrogens is 4. The Morgan fingerprint density at radius 1 is 1.11 bits per heavy atom. The number of carbonyl (C=O) groups excluding carboxylic acids is 1. The molecule has 0 bridgehead atoms. The predicted octanol–water partition coefficient (Wildman–Crippen LogP) is 0.254. The second-order valence-electron chi connectivity index (χ2n) is 6.30. The molecule has 27 heavy (non-hydrogen) atoms. The van der Waals surface area contributed by atoms with Crippen LogP contribution in [0.25, 0.3) is 5.78 Å². The maximum Gasteiger partial charge on any atom is 0.286 e. The largest absolute Gasteiger partial charge is 0.492 e. The van der Waals surface area contributed by atoms with Gasteiger partial charge in [0.2, 0.25) is 0 Å². The minimum Gasteiger partial charge on any atom is -0.492 e. The summed E-state index contributed by atoms with van der Waals surface area (Å²) in [5.41, 5.74) is -0.376. The second-order valence-corrected chi connectivity index (χ2v) is 6.30. The van der Waals surface area contributed by atoms with Crippen molar-refractivity contribution in [3.8, 4) is 5.75 Å². The summed E-state index contributed by atoms with van der Waals surface area (Å²) in [6.07, 6.45) is 2.68. The van der Waals surface area contributed by atoms with Crippen molar-refractivity contribution in [1.29, 1.82) is 0 Å². The van der Waals surface area contributed by atoms with Crippen LogP contribution in [0.1, 0.15) is 10.4 Å². The Morgan fingerprint density at radius 2 is 1.89 bits per heavy atom. The molecule has 9 nitrogen and oxygen atoms in total. The van der Waals surface area contributed by atoms with Crippen molar-refractivity contribution < 1.29 is 9.53 Å². The number of carbonyl (C=O) groups is 1. The van der Waals surface area contributed by atoms with E-state index in [1.807, 2.05) is 30.3 Å². The third-order valence-electron chi connectivity index (χ3n) is 4.62. The number of piperazine rings is 1. The molecule has 0 atom stereocenters. The first-order chi connectivity index (χ1) is 13.2. The molecule has 1 saturated heterocycles. The Hall–Kier alpha value is -3.20. The number of nitrogens with zero attached hydrogens (tertiary/aromatic N) is 5. The lowest BCUT2D eigenvalue weighted by molar-refractivity contribution is 0.0618. The Morgan fingerprint density at radius 3 is 2.67 bits per heavy atom. The Kier molecular flexibility index (Phi) is 4.84. The summed E-state index contributed by atoms with van der Waals surface area (Å²) >= 11 is 0. The summed E-state index contributed by atoms with van der Waals surface area (Å²) in [6, 6.07) is 9.70. The molecule has 3 aromatic rings. The number of ether oxygens (including phenoxy) is 1. The van der Waals surface area contributed by atoms with E-state index in [1.165, 1.54) is 17.0 Å². The first kappa shape index (κ1) is 17.2. The standard InChI is InChI=1S/C18H20N6O3/c25-16(15-12-19-18-20-13-21-24(18)17(15)26)23-8-6-22(7-9-23)10-11-27-14-4-2-1-3-5-14/h1-5,12-13H,6-11H2,(H,19,20,21). The fourth-order valence-corrected chi connectivity index (χ4v) is 3.10. The minimum absolute atomic E-state index is 0.0533. The normalized spacial score (nSPS) is 15.2. The van der Waals surface area contributed by atoms with Crippen molar-refractivity contribution in [1.82, 2.24) is 29.4 Å². The molecule has 1 fully saturated rings. The minimum atomic E-state index is -0.429. The summed E-state index contributed by atoms with van der Waals surface area (Å²) in [6.45, 7) is 4.00. The molecule has 0 radical (unpaired) electrons. The topological polar surface area (TPSA) is 95.8 Å². The third kappa shape index (κ3) is 3.68. The second kappa shape index (κ2) is 7.58. The molecule has 0 aliphatic carbocycles. The monoisotopic (exact) mass is 368 g/mol. The SMILES string of the molecule is O=C(c1cnc2nc[nH]n2c1=O)N1CCN(CCOc2ccccc2)CC1. The fourth-order valence-electron chi connectivity index (χ4n) is 3.10. The number of para-hydroxylation sites is 1. The van der Waals surface area contributed by atoms with Crippen LogP contribution in [0.15, 0.2) is 47.7 Å². The van der Waals surface area contributed by atoms with Gasteiger partial charge in [-0.15, -0.1) is 0 Å². The number of aromatic amines is 1. The first-order valence-corrected chi connectivity index (χ1v) is 8.83. The van der Waals surface area contributed by atoms with Crippen molar-refractivity contribution in [3.63, 3.8) is 0 Å². The highest BCUT2D eigenvalue weighted by Crippen LogP contribution is 2.09. The lowest BCUT2D eigenvalue weighted by Crippen LogP contribution is -2.50. The van der Waals surface area contributed by atoms with Crippen molar-refractivity contribution in [3.05, 3.63) is 58.8 Å². The quantitative estimate of drug-likeness (QED) is 0.694. The number of hydrogen-bond donors (Lipinski definition) is 1. The van der Waals surface area contributed by atoms with Gasteiger partial charge in [-0.1, -0.05) is 18.2 Å². The number of nitrogens with one attached hydrogen (secondary N) is 1. The molecule has 1 aliphatic rings. The molecule has 1 aliphatic heterocycles. The Bertz CT molecular complexity index is 975. The van der Waals surface area contributed by atoms with E-state index in [9.17, 15) is 9.59 Å². The van der Waals surface area contributed by atoms with Crippen LogP contribution in [0.3, 0.4) is 0 Å². The van der Waals surface area contributed by atoms with Gasteiger partial charge in [0.05, 0.1) is 0 Å². The predicted molar refractivity (Wildman–Crippen MR) is 97.9 cm³/mol. The van der Waals surface area contributed by atoms with Crippen LogP contribution in [-0.2, 0) is 0 Å². The van der Waals surface area contributed by atoms with Gasteiger partial charge < -0.3 is 9.64 Å². The molecule has 9 heteroatoms. The van der Waals surface area contributed by atoms with Crippen molar-refractivity contribution in [2.24, 2.45) is 0 Å². The highest BCUT2D eigenvalue weighted by Gasteiger charge is 2.25. The highest BCUT2D eigenvalue weighted by molar-refractivity contribution is 5.93. The maximum absolute atomic E-state index is 12.7. The van der Waals surface area contributed by atoms with Gasteiger partial charge in [-0.2, -0.15) is 4.52 Å². The Labute approximate surface area is 155 Å². The lowest BCUT2D eigenvalue weighted by Gasteiger charge is -2.34. The van der Waals surface area contributed by atoms with E-state index in [4.69, 9.17) is 4.74 Å². The zero-order valence-electron chi connectivity index (χ0n) is 14.7. The van der Waals surface area contributed by atoms with E-state index in [0.717, 1.165) is 25.4 Å². The molecule has 0 spiro atoms. The van der Waals surface area contributed by atoms with Gasteiger partial charge >= 0.3 is 0 Å². The summed E-state index contributed by atoms with van der Waals surface area (Å²) in [7, 11) is 0. The average Bonchev–Trinajstić information content (AvgIpc) is 3.19. The van der Waals surface area contributed by atoms with Gasteiger partial charge in [0.15, 0.2) is 0 Å². The van der Waals surface area contributed by atoms with Crippen LogP contribution < -0.4 is 10.3 Å². The van der Waals surface area contributed by atoms with E-state index >= 15 is 0 Å². The summed E-state index contributed by atoms with van der Waals surface area (Å²) < 4.78 is 6.89. The zero-order chi connectivity index (χ0) is 18.6. The molecule has 1 aromatic carbocycles. The number of fused-ring (bicyclic) bond motifs is 1. The molecule has 2 aromatic heterocycles. The van der Waals surface area contributed by atoms with E-state index < -0.39 is 5.56 Å². The van der Waals surface area contributed by atoms with Crippen molar-refractivity contribution >= 4 is 11.7 Å². The summed E-state index contributed by atoms with van der Waals surface area (Å²) in [5, 5.41) is 2.67. The molecule has 1 N–H and O–H groups in total. The average molecular weight is 368 g/mol. The van der Waals surface area contributed by atoms with E-state index in [-0.39, 0.29) is 17.2 Å². The molecular formula is C18H20N6O3. The van der Waals surface area contributed by atoms with Crippen LogP contribution in [-0.4, -0.2) is 74.6 Å². The van der Waals surface area contributed by atoms with Crippen molar-refractivity contribution in [2.45, 2.75) is 0 Å². The molecule has 1 amide bonds. The molecule has 0 unspecified atom stereocenters. The lowest BCUT2D eigenvalue weighted by atomic mass is 10.2. The molecule has 140 valence electrons. The van der Waals surface area contributed by atoms with E-state index in [0.29, 0.717) is 19.7 Å². The fraction of sp³-hybridized carbons (Fsp3) is 0.333. The maximum atomic E-state index is 12.7. The van der Waals surface area contributed by atoms with Gasteiger partial charge in [-0.25, -0.2) is 9.97 Å². The Balaban J connectivity index is 1.31. The van der Waals surface area contributed by atoms with Gasteiger partial charge in [0.1, 0.15) is 24.2 Å². The van der Waals surface area contributed by atoms with Crippen molar-refractivity contribution in [2.75, 3.05) is 39.3 Å². The molecule has 3 heterocycles. The van der Waals surface area contributed by atoms with Crippen LogP contribution >= 0.6 is 0 Å². The number of benzene rings is 1. The van der Waals surface area contributed by atoms with Crippen LogP contribution in [0.4, 0.5) is 0 Å². The molecular weight excluding hydrogens is 348 g/mol. The van der Waals surface area contributed by atoms with Gasteiger partial charge in [0.25, 0.3) is 17.2 Å². The smallest absolute Gasteiger partial charge is 0.286 e. The summed E-state index contributed by atoms with van der Waals surface area (Å²) in [5.74, 6) is 0.810. The number of amides is 1. The number of hydrogen-bond acceptors (Lipinski definition) is 6. The van der Waals surface area contributed by atoms with E-state index in [2.05, 4.69) is 20.0 Å². The molecule has 4 rings (SSSR count). The van der Waals surface area contributed by atoms with Crippen LogP contribution in [0, 0.1) is 0 Å². The van der Waals surface area contributed by atoms with Crippen LogP contribution in [0.2, 0.25) is 0 Å². The zero-order valence-corrected chi connectivity index (χ0v) is 14.7. The molecule has 0 saturated carbocycles.